The Bertz CT molecular complexity index is 491. The zero-order valence-corrected chi connectivity index (χ0v) is 13.8. The van der Waals surface area contributed by atoms with E-state index in [1.54, 1.807) is 12.1 Å². The van der Waals surface area contributed by atoms with Crippen molar-refractivity contribution in [3.05, 3.63) is 28.3 Å². The van der Waals surface area contributed by atoms with Crippen molar-refractivity contribution in [2.45, 2.75) is 25.2 Å². The standard InChI is InChI=1S/C14H20N2O3S2/c1-10(2)19-14-7-11(3-4-13(14)16(17)18)15-8-12-9-20-5-6-21-12/h3-4,7,10,12,15H,5-6,8-9H2,1-2H3. The molecule has 0 spiro atoms. The molecule has 1 atom stereocenters. The number of nitro benzene ring substituents is 1. The van der Waals surface area contributed by atoms with Crippen molar-refractivity contribution < 1.29 is 9.66 Å². The molecule has 0 aromatic heterocycles. The first-order chi connectivity index (χ1) is 10.1. The number of thioether (sulfide) groups is 2. The van der Waals surface area contributed by atoms with E-state index in [4.69, 9.17) is 4.74 Å². The molecule has 1 unspecified atom stereocenters. The Morgan fingerprint density at radius 3 is 2.90 bits per heavy atom. The van der Waals surface area contributed by atoms with Crippen LogP contribution in [0.5, 0.6) is 5.75 Å². The van der Waals surface area contributed by atoms with Crippen LogP contribution in [-0.4, -0.2) is 40.1 Å². The zero-order valence-electron chi connectivity index (χ0n) is 12.2. The number of ether oxygens (including phenoxy) is 1. The van der Waals surface area contributed by atoms with Crippen LogP contribution < -0.4 is 10.1 Å². The molecule has 0 saturated carbocycles. The molecule has 5 nitrogen and oxygen atoms in total. The molecule has 1 aliphatic heterocycles. The molecule has 0 radical (unpaired) electrons. The van der Waals surface area contributed by atoms with E-state index < -0.39 is 4.92 Å². The van der Waals surface area contributed by atoms with Gasteiger partial charge in [0.25, 0.3) is 0 Å². The maximum Gasteiger partial charge on any atom is 0.311 e. The van der Waals surface area contributed by atoms with Gasteiger partial charge in [-0.1, -0.05) is 0 Å². The number of hydrogen-bond acceptors (Lipinski definition) is 6. The number of nitrogens with zero attached hydrogens (tertiary/aromatic N) is 1. The van der Waals surface area contributed by atoms with E-state index in [0.29, 0.717) is 11.0 Å². The summed E-state index contributed by atoms with van der Waals surface area (Å²) in [5, 5.41) is 15.0. The minimum Gasteiger partial charge on any atom is -0.484 e. The van der Waals surface area contributed by atoms with Crippen molar-refractivity contribution in [1.29, 1.82) is 0 Å². The van der Waals surface area contributed by atoms with Gasteiger partial charge < -0.3 is 10.1 Å². The normalized spacial score (nSPS) is 18.5. The molecular formula is C14H20N2O3S2. The van der Waals surface area contributed by atoms with Crippen LogP contribution in [0.1, 0.15) is 13.8 Å². The third-order valence-electron chi connectivity index (χ3n) is 2.94. The second kappa shape index (κ2) is 7.79. The van der Waals surface area contributed by atoms with E-state index in [1.165, 1.54) is 17.6 Å². The molecule has 1 aromatic rings. The van der Waals surface area contributed by atoms with Crippen molar-refractivity contribution in [3.63, 3.8) is 0 Å². The van der Waals surface area contributed by atoms with E-state index in [0.717, 1.165) is 18.0 Å². The van der Waals surface area contributed by atoms with Gasteiger partial charge in [0.05, 0.1) is 11.0 Å². The van der Waals surface area contributed by atoms with Gasteiger partial charge in [0.1, 0.15) is 0 Å². The fourth-order valence-corrected chi connectivity index (χ4v) is 4.62. The highest BCUT2D eigenvalue weighted by Crippen LogP contribution is 2.31. The van der Waals surface area contributed by atoms with Crippen LogP contribution in [0, 0.1) is 10.1 Å². The van der Waals surface area contributed by atoms with Crippen LogP contribution in [0.25, 0.3) is 0 Å². The van der Waals surface area contributed by atoms with Crippen LogP contribution in [0.4, 0.5) is 11.4 Å². The minimum absolute atomic E-state index is 0.0110. The van der Waals surface area contributed by atoms with E-state index in [1.807, 2.05) is 37.4 Å². The molecule has 21 heavy (non-hydrogen) atoms. The van der Waals surface area contributed by atoms with Crippen LogP contribution in [0.2, 0.25) is 0 Å². The lowest BCUT2D eigenvalue weighted by Crippen LogP contribution is -2.23. The largest absolute Gasteiger partial charge is 0.484 e. The molecule has 1 heterocycles. The Hall–Kier alpha value is -1.08. The van der Waals surface area contributed by atoms with Crippen LogP contribution in [0.3, 0.4) is 0 Å². The van der Waals surface area contributed by atoms with Crippen molar-refractivity contribution in [2.75, 3.05) is 29.1 Å². The summed E-state index contributed by atoms with van der Waals surface area (Å²) in [5.74, 6) is 3.90. The second-order valence-electron chi connectivity index (χ2n) is 5.05. The summed E-state index contributed by atoms with van der Waals surface area (Å²) in [6.07, 6.45) is -0.0933. The molecule has 0 bridgehead atoms. The number of anilines is 1. The fourth-order valence-electron chi connectivity index (χ4n) is 2.01. The Labute approximate surface area is 133 Å². The third-order valence-corrected chi connectivity index (χ3v) is 5.78. The van der Waals surface area contributed by atoms with Gasteiger partial charge in [-0.25, -0.2) is 0 Å². The van der Waals surface area contributed by atoms with Crippen molar-refractivity contribution in [3.8, 4) is 5.75 Å². The minimum atomic E-state index is -0.408. The van der Waals surface area contributed by atoms with Crippen molar-refractivity contribution >= 4 is 34.9 Å². The summed E-state index contributed by atoms with van der Waals surface area (Å²) in [7, 11) is 0. The summed E-state index contributed by atoms with van der Waals surface area (Å²) < 4.78 is 5.55. The lowest BCUT2D eigenvalue weighted by molar-refractivity contribution is -0.386. The summed E-state index contributed by atoms with van der Waals surface area (Å²) in [4.78, 5) is 10.6. The Morgan fingerprint density at radius 2 is 2.29 bits per heavy atom. The number of nitro groups is 1. The average molecular weight is 328 g/mol. The van der Waals surface area contributed by atoms with Gasteiger partial charge in [-0.05, 0) is 19.9 Å². The fraction of sp³-hybridized carbons (Fsp3) is 0.571. The summed E-state index contributed by atoms with van der Waals surface area (Å²) in [6.45, 7) is 4.59. The Kier molecular flexibility index (Phi) is 6.05. The van der Waals surface area contributed by atoms with Gasteiger partial charge in [0, 0.05) is 46.9 Å². The molecule has 0 aliphatic carbocycles. The van der Waals surface area contributed by atoms with E-state index >= 15 is 0 Å². The Balaban J connectivity index is 2.03. The number of hydrogen-bond donors (Lipinski definition) is 1. The van der Waals surface area contributed by atoms with E-state index in [2.05, 4.69) is 5.32 Å². The lowest BCUT2D eigenvalue weighted by atomic mass is 10.2. The highest BCUT2D eigenvalue weighted by atomic mass is 32.2. The SMILES string of the molecule is CC(C)Oc1cc(NCC2CSCCS2)ccc1[N+](=O)[O-]. The maximum absolute atomic E-state index is 11.0. The smallest absolute Gasteiger partial charge is 0.311 e. The topological polar surface area (TPSA) is 64.4 Å². The van der Waals surface area contributed by atoms with E-state index in [-0.39, 0.29) is 11.8 Å². The Morgan fingerprint density at radius 1 is 1.48 bits per heavy atom. The quantitative estimate of drug-likeness (QED) is 0.635. The summed E-state index contributed by atoms with van der Waals surface area (Å²) in [5.41, 5.74) is 0.879. The highest BCUT2D eigenvalue weighted by Gasteiger charge is 2.18. The van der Waals surface area contributed by atoms with E-state index in [9.17, 15) is 10.1 Å². The zero-order chi connectivity index (χ0) is 15.2. The second-order valence-corrected chi connectivity index (χ2v) is 7.61. The van der Waals surface area contributed by atoms with Crippen LogP contribution in [0.15, 0.2) is 18.2 Å². The number of rotatable bonds is 6. The van der Waals surface area contributed by atoms with Gasteiger partial charge in [-0.3, -0.25) is 10.1 Å². The lowest BCUT2D eigenvalue weighted by Gasteiger charge is -2.21. The molecule has 7 heteroatoms. The van der Waals surface area contributed by atoms with Crippen molar-refractivity contribution in [2.24, 2.45) is 0 Å². The number of benzene rings is 1. The molecule has 1 N–H and O–H groups in total. The monoisotopic (exact) mass is 328 g/mol. The molecule has 1 aliphatic rings. The highest BCUT2D eigenvalue weighted by molar-refractivity contribution is 8.06. The number of nitrogens with one attached hydrogen (secondary N) is 1. The van der Waals surface area contributed by atoms with Gasteiger partial charge >= 0.3 is 5.69 Å². The first kappa shape index (κ1) is 16.3. The molecule has 2 rings (SSSR count). The predicted molar refractivity (Wildman–Crippen MR) is 90.9 cm³/mol. The summed E-state index contributed by atoms with van der Waals surface area (Å²) >= 11 is 3.96. The first-order valence-corrected chi connectivity index (χ1v) is 9.15. The van der Waals surface area contributed by atoms with Gasteiger partial charge in [0.15, 0.2) is 5.75 Å². The molecule has 1 fully saturated rings. The van der Waals surface area contributed by atoms with Gasteiger partial charge in [-0.2, -0.15) is 23.5 Å². The van der Waals surface area contributed by atoms with Crippen LogP contribution in [-0.2, 0) is 0 Å². The molecule has 116 valence electrons. The predicted octanol–water partition coefficient (Wildman–Crippen LogP) is 3.64. The first-order valence-electron chi connectivity index (χ1n) is 6.94. The van der Waals surface area contributed by atoms with Crippen LogP contribution >= 0.6 is 23.5 Å². The summed E-state index contributed by atoms with van der Waals surface area (Å²) in [6, 6.07) is 4.97. The molecule has 0 amide bonds. The molecular weight excluding hydrogens is 308 g/mol. The maximum atomic E-state index is 11.0. The van der Waals surface area contributed by atoms with Gasteiger partial charge in [-0.15, -0.1) is 0 Å². The molecule has 1 aromatic carbocycles. The third kappa shape index (κ3) is 5.00. The molecule has 1 saturated heterocycles. The average Bonchev–Trinajstić information content (AvgIpc) is 2.45. The van der Waals surface area contributed by atoms with Crippen molar-refractivity contribution in [1.82, 2.24) is 0 Å². The van der Waals surface area contributed by atoms with Gasteiger partial charge in [0.2, 0.25) is 0 Å².